The van der Waals surface area contributed by atoms with E-state index in [1.165, 1.54) is 25.5 Å². The van der Waals surface area contributed by atoms with Gasteiger partial charge in [-0.05, 0) is 26.2 Å². The average Bonchev–Trinajstić information content (AvgIpc) is 2.63. The zero-order valence-corrected chi connectivity index (χ0v) is 9.63. The molecule has 0 unspecified atom stereocenters. The Labute approximate surface area is 93.2 Å². The minimum absolute atomic E-state index is 0.943. The first-order valence-corrected chi connectivity index (χ1v) is 6.02. The van der Waals surface area contributed by atoms with Gasteiger partial charge in [-0.3, -0.25) is 0 Å². The van der Waals surface area contributed by atoms with Gasteiger partial charge in [-0.15, -0.1) is 0 Å². The van der Waals surface area contributed by atoms with Gasteiger partial charge in [0.15, 0.2) is 5.13 Å². The van der Waals surface area contributed by atoms with E-state index in [4.69, 9.17) is 5.21 Å². The molecule has 4 nitrogen and oxygen atoms in total. The molecule has 0 radical (unpaired) electrons. The number of aryl methyl sites for hydroxylation is 1. The van der Waals surface area contributed by atoms with Gasteiger partial charge in [-0.1, -0.05) is 16.5 Å². The number of nitrogens with zero attached hydrogens (tertiary/aromatic N) is 3. The van der Waals surface area contributed by atoms with Crippen molar-refractivity contribution >= 4 is 22.7 Å². The number of thiazole rings is 1. The molecule has 0 bridgehead atoms. The molecule has 0 aromatic carbocycles. The number of hydrogen-bond donors (Lipinski definition) is 1. The summed E-state index contributed by atoms with van der Waals surface area (Å²) in [6, 6.07) is 0. The van der Waals surface area contributed by atoms with Gasteiger partial charge in [-0.25, -0.2) is 4.98 Å². The van der Waals surface area contributed by atoms with Crippen molar-refractivity contribution in [3.05, 3.63) is 10.6 Å². The number of oxime groups is 1. The summed E-state index contributed by atoms with van der Waals surface area (Å²) in [5.41, 5.74) is 0.943. The highest BCUT2D eigenvalue weighted by Crippen LogP contribution is 2.27. The summed E-state index contributed by atoms with van der Waals surface area (Å²) in [5, 5.41) is 12.6. The molecular formula is C10H15N3OS. The molecule has 2 heterocycles. The zero-order valence-electron chi connectivity index (χ0n) is 8.81. The fraction of sp³-hybridized carbons (Fsp3) is 0.600. The Hall–Kier alpha value is -1.10. The van der Waals surface area contributed by atoms with E-state index in [-0.39, 0.29) is 0 Å². The fourth-order valence-electron chi connectivity index (χ4n) is 1.79. The van der Waals surface area contributed by atoms with Crippen molar-refractivity contribution in [2.45, 2.75) is 26.2 Å². The monoisotopic (exact) mass is 225 g/mol. The van der Waals surface area contributed by atoms with E-state index in [0.717, 1.165) is 28.8 Å². The van der Waals surface area contributed by atoms with Crippen molar-refractivity contribution in [1.29, 1.82) is 0 Å². The van der Waals surface area contributed by atoms with E-state index in [2.05, 4.69) is 15.0 Å². The van der Waals surface area contributed by atoms with E-state index < -0.39 is 0 Å². The van der Waals surface area contributed by atoms with Crippen LogP contribution >= 0.6 is 11.3 Å². The Morgan fingerprint density at radius 1 is 1.40 bits per heavy atom. The summed E-state index contributed by atoms with van der Waals surface area (Å²) in [4.78, 5) is 7.75. The quantitative estimate of drug-likeness (QED) is 0.477. The lowest BCUT2D eigenvalue weighted by molar-refractivity contribution is 0.322. The first-order valence-electron chi connectivity index (χ1n) is 5.21. The molecule has 0 atom stereocenters. The smallest absolute Gasteiger partial charge is 0.186 e. The van der Waals surface area contributed by atoms with Crippen molar-refractivity contribution in [2.24, 2.45) is 5.16 Å². The Balaban J connectivity index is 2.17. The highest BCUT2D eigenvalue weighted by atomic mass is 32.1. The molecule has 1 aromatic heterocycles. The largest absolute Gasteiger partial charge is 0.411 e. The van der Waals surface area contributed by atoms with E-state index >= 15 is 0 Å². The maximum atomic E-state index is 8.50. The van der Waals surface area contributed by atoms with Gasteiger partial charge in [-0.2, -0.15) is 0 Å². The second-order valence-electron chi connectivity index (χ2n) is 3.74. The van der Waals surface area contributed by atoms with Crippen LogP contribution in [0.25, 0.3) is 0 Å². The SMILES string of the molecule is Cc1nc(N2CCCCC2)sc1C=NO. The highest BCUT2D eigenvalue weighted by Gasteiger charge is 2.15. The second kappa shape index (κ2) is 4.61. The standard InChI is InChI=1S/C10H15N3OS/c1-8-9(7-11-14)15-10(12-8)13-5-3-2-4-6-13/h7,14H,2-6H2,1H3. The van der Waals surface area contributed by atoms with Crippen molar-refractivity contribution < 1.29 is 5.21 Å². The van der Waals surface area contributed by atoms with Crippen LogP contribution in [0, 0.1) is 6.92 Å². The van der Waals surface area contributed by atoms with E-state index in [1.807, 2.05) is 6.92 Å². The van der Waals surface area contributed by atoms with Crippen LogP contribution in [0.3, 0.4) is 0 Å². The fourth-order valence-corrected chi connectivity index (χ4v) is 2.77. The number of aromatic nitrogens is 1. The van der Waals surface area contributed by atoms with Gasteiger partial charge in [0.2, 0.25) is 0 Å². The molecule has 2 rings (SSSR count). The van der Waals surface area contributed by atoms with E-state index in [0.29, 0.717) is 0 Å². The number of anilines is 1. The number of hydrogen-bond acceptors (Lipinski definition) is 5. The number of piperidine rings is 1. The summed E-state index contributed by atoms with van der Waals surface area (Å²) in [6.45, 7) is 4.15. The average molecular weight is 225 g/mol. The van der Waals surface area contributed by atoms with Crippen LogP contribution in [0.4, 0.5) is 5.13 Å². The molecule has 1 N–H and O–H groups in total. The Kier molecular flexibility index (Phi) is 3.20. The highest BCUT2D eigenvalue weighted by molar-refractivity contribution is 7.17. The Bertz CT molecular complexity index is 356. The van der Waals surface area contributed by atoms with E-state index in [9.17, 15) is 0 Å². The van der Waals surface area contributed by atoms with Crippen LogP contribution < -0.4 is 4.90 Å². The lowest BCUT2D eigenvalue weighted by Crippen LogP contribution is -2.29. The predicted molar refractivity (Wildman–Crippen MR) is 62.3 cm³/mol. The molecule has 1 aliphatic heterocycles. The molecule has 5 heteroatoms. The topological polar surface area (TPSA) is 48.7 Å². The normalized spacial score (nSPS) is 17.5. The maximum Gasteiger partial charge on any atom is 0.186 e. The first-order chi connectivity index (χ1) is 7.31. The third kappa shape index (κ3) is 2.28. The van der Waals surface area contributed by atoms with Crippen molar-refractivity contribution in [2.75, 3.05) is 18.0 Å². The molecule has 0 aliphatic carbocycles. The molecule has 0 amide bonds. The summed E-state index contributed by atoms with van der Waals surface area (Å²) >= 11 is 1.60. The van der Waals surface area contributed by atoms with Gasteiger partial charge in [0.1, 0.15) is 0 Å². The van der Waals surface area contributed by atoms with Crippen LogP contribution in [0.5, 0.6) is 0 Å². The minimum atomic E-state index is 0.943. The number of rotatable bonds is 2. The van der Waals surface area contributed by atoms with Gasteiger partial charge >= 0.3 is 0 Å². The molecule has 82 valence electrons. The Morgan fingerprint density at radius 2 is 2.13 bits per heavy atom. The van der Waals surface area contributed by atoms with E-state index in [1.54, 1.807) is 11.3 Å². The molecule has 1 aliphatic rings. The van der Waals surface area contributed by atoms with Crippen LogP contribution in [0.2, 0.25) is 0 Å². The van der Waals surface area contributed by atoms with Gasteiger partial charge in [0.25, 0.3) is 0 Å². The minimum Gasteiger partial charge on any atom is -0.411 e. The van der Waals surface area contributed by atoms with Crippen LogP contribution in [0.15, 0.2) is 5.16 Å². The first kappa shape index (κ1) is 10.4. The van der Waals surface area contributed by atoms with Gasteiger partial charge in [0, 0.05) is 13.1 Å². The van der Waals surface area contributed by atoms with Gasteiger partial charge in [0.05, 0.1) is 16.8 Å². The summed E-state index contributed by atoms with van der Waals surface area (Å²) in [5.74, 6) is 0. The van der Waals surface area contributed by atoms with Crippen LogP contribution in [-0.4, -0.2) is 29.5 Å². The summed E-state index contributed by atoms with van der Waals surface area (Å²) in [6.07, 6.45) is 5.29. The molecule has 1 fully saturated rings. The summed E-state index contributed by atoms with van der Waals surface area (Å²) in [7, 11) is 0. The molecular weight excluding hydrogens is 210 g/mol. The van der Waals surface area contributed by atoms with Crippen LogP contribution in [-0.2, 0) is 0 Å². The molecule has 1 aromatic rings. The summed E-state index contributed by atoms with van der Waals surface area (Å²) < 4.78 is 0. The van der Waals surface area contributed by atoms with Crippen molar-refractivity contribution in [1.82, 2.24) is 4.98 Å². The molecule has 0 spiro atoms. The Morgan fingerprint density at radius 3 is 2.80 bits per heavy atom. The van der Waals surface area contributed by atoms with Gasteiger partial charge < -0.3 is 10.1 Å². The predicted octanol–water partition coefficient (Wildman–Crippen LogP) is 2.25. The maximum absolute atomic E-state index is 8.50. The lowest BCUT2D eigenvalue weighted by atomic mass is 10.1. The second-order valence-corrected chi connectivity index (χ2v) is 4.75. The third-order valence-corrected chi connectivity index (χ3v) is 3.78. The molecule has 1 saturated heterocycles. The molecule has 0 saturated carbocycles. The third-order valence-electron chi connectivity index (χ3n) is 2.62. The molecule has 15 heavy (non-hydrogen) atoms. The van der Waals surface area contributed by atoms with Crippen molar-refractivity contribution in [3.63, 3.8) is 0 Å². The van der Waals surface area contributed by atoms with Crippen LogP contribution in [0.1, 0.15) is 29.8 Å². The zero-order chi connectivity index (χ0) is 10.7. The lowest BCUT2D eigenvalue weighted by Gasteiger charge is -2.25. The van der Waals surface area contributed by atoms with Crippen molar-refractivity contribution in [3.8, 4) is 0 Å².